The zero-order valence-corrected chi connectivity index (χ0v) is 14.9. The first-order valence-electron chi connectivity index (χ1n) is 7.22. The van der Waals surface area contributed by atoms with Crippen LogP contribution in [0.25, 0.3) is 0 Å². The lowest BCUT2D eigenvalue weighted by Crippen LogP contribution is -2.30. The normalized spacial score (nSPS) is 11.5. The van der Waals surface area contributed by atoms with Crippen LogP contribution in [0.4, 0.5) is 5.69 Å². The number of nitrogens with one attached hydrogen (secondary N) is 1. The molecule has 0 aliphatic heterocycles. The highest BCUT2D eigenvalue weighted by Gasteiger charge is 2.20. The van der Waals surface area contributed by atoms with E-state index >= 15 is 0 Å². The molecule has 25 heavy (non-hydrogen) atoms. The monoisotopic (exact) mass is 380 g/mol. The predicted molar refractivity (Wildman–Crippen MR) is 94.2 cm³/mol. The predicted octanol–water partition coefficient (Wildman–Crippen LogP) is 3.78. The van der Waals surface area contributed by atoms with Crippen LogP contribution in [0.15, 0.2) is 36.5 Å². The van der Waals surface area contributed by atoms with Crippen molar-refractivity contribution < 1.29 is 19.1 Å². The topological polar surface area (TPSA) is 85.4 Å². The first kappa shape index (κ1) is 18.9. The maximum Gasteiger partial charge on any atom is 0.340 e. The third-order valence-electron chi connectivity index (χ3n) is 3.22. The lowest BCUT2D eigenvalue weighted by Gasteiger charge is -2.14. The van der Waals surface area contributed by atoms with Crippen molar-refractivity contribution in [2.75, 3.05) is 5.32 Å². The summed E-state index contributed by atoms with van der Waals surface area (Å²) >= 11 is 11.5. The minimum absolute atomic E-state index is 0.0642. The van der Waals surface area contributed by atoms with E-state index in [1.807, 2.05) is 0 Å². The molecular formula is C17H14Cl2N2O4. The molecular weight excluding hydrogens is 367 g/mol. The zero-order chi connectivity index (χ0) is 18.6. The fourth-order valence-corrected chi connectivity index (χ4v) is 2.14. The van der Waals surface area contributed by atoms with Gasteiger partial charge < -0.3 is 10.1 Å². The third-order valence-corrected chi connectivity index (χ3v) is 3.91. The highest BCUT2D eigenvalue weighted by atomic mass is 35.5. The quantitative estimate of drug-likeness (QED) is 0.484. The number of rotatable bonds is 5. The number of carbonyl (C=O) groups is 3. The highest BCUT2D eigenvalue weighted by Crippen LogP contribution is 2.20. The Bertz CT molecular complexity index is 839. The van der Waals surface area contributed by atoms with Gasteiger partial charge in [0.2, 0.25) is 0 Å². The number of ether oxygens (including phenoxy) is 1. The summed E-state index contributed by atoms with van der Waals surface area (Å²) in [6.07, 6.45) is 0.139. The van der Waals surface area contributed by atoms with Gasteiger partial charge in [0.25, 0.3) is 5.91 Å². The SMILES string of the molecule is CC(=O)c1cccc(NC(=O)[C@H](C)OC(=O)c2cnc(Cl)c(Cl)c2)c1. The summed E-state index contributed by atoms with van der Waals surface area (Å²) in [5, 5.41) is 2.75. The Kier molecular flexibility index (Phi) is 6.12. The summed E-state index contributed by atoms with van der Waals surface area (Å²) in [5.41, 5.74) is 0.966. The molecule has 1 N–H and O–H groups in total. The molecule has 1 aromatic carbocycles. The largest absolute Gasteiger partial charge is 0.449 e. The number of Topliss-reactive ketones (excluding diaryl/α,β-unsaturated/α-hetero) is 1. The van der Waals surface area contributed by atoms with Gasteiger partial charge in [-0.2, -0.15) is 0 Å². The molecule has 8 heteroatoms. The number of halogens is 2. The van der Waals surface area contributed by atoms with Crippen molar-refractivity contribution in [1.82, 2.24) is 4.98 Å². The van der Waals surface area contributed by atoms with Crippen molar-refractivity contribution in [1.29, 1.82) is 0 Å². The number of anilines is 1. The lowest BCUT2D eigenvalue weighted by atomic mass is 10.1. The van der Waals surface area contributed by atoms with Crippen LogP contribution in [0, 0.1) is 0 Å². The Morgan fingerprint density at radius 2 is 1.88 bits per heavy atom. The van der Waals surface area contributed by atoms with E-state index < -0.39 is 18.0 Å². The Morgan fingerprint density at radius 1 is 1.16 bits per heavy atom. The van der Waals surface area contributed by atoms with Crippen LogP contribution in [-0.4, -0.2) is 28.7 Å². The third kappa shape index (κ3) is 5.01. The number of hydrogen-bond acceptors (Lipinski definition) is 5. The van der Waals surface area contributed by atoms with E-state index in [0.29, 0.717) is 11.3 Å². The number of hydrogen-bond donors (Lipinski definition) is 1. The summed E-state index contributed by atoms with van der Waals surface area (Å²) in [6, 6.07) is 7.75. The molecule has 0 radical (unpaired) electrons. The van der Waals surface area contributed by atoms with E-state index in [1.54, 1.807) is 18.2 Å². The van der Waals surface area contributed by atoms with Crippen molar-refractivity contribution >= 4 is 46.5 Å². The summed E-state index contributed by atoms with van der Waals surface area (Å²) in [4.78, 5) is 39.3. The van der Waals surface area contributed by atoms with Crippen molar-refractivity contribution in [2.24, 2.45) is 0 Å². The molecule has 1 aromatic heterocycles. The maximum absolute atomic E-state index is 12.1. The molecule has 1 atom stereocenters. The van der Waals surface area contributed by atoms with Crippen LogP contribution in [0.5, 0.6) is 0 Å². The molecule has 0 aliphatic carbocycles. The molecule has 0 unspecified atom stereocenters. The van der Waals surface area contributed by atoms with Gasteiger partial charge >= 0.3 is 5.97 Å². The molecule has 0 bridgehead atoms. The Labute approximate surface area is 154 Å². The number of esters is 1. The van der Waals surface area contributed by atoms with E-state index in [9.17, 15) is 14.4 Å². The van der Waals surface area contributed by atoms with Crippen molar-refractivity contribution in [3.05, 3.63) is 57.8 Å². The number of pyridine rings is 1. The molecule has 1 amide bonds. The fraction of sp³-hybridized carbons (Fsp3) is 0.176. The van der Waals surface area contributed by atoms with Crippen LogP contribution in [0.1, 0.15) is 34.6 Å². The first-order chi connectivity index (χ1) is 11.8. The number of carbonyl (C=O) groups excluding carboxylic acids is 3. The van der Waals surface area contributed by atoms with E-state index in [-0.39, 0.29) is 21.5 Å². The average Bonchev–Trinajstić information content (AvgIpc) is 2.57. The number of amides is 1. The van der Waals surface area contributed by atoms with Gasteiger partial charge in [-0.1, -0.05) is 35.3 Å². The van der Waals surface area contributed by atoms with Crippen LogP contribution in [-0.2, 0) is 9.53 Å². The Morgan fingerprint density at radius 3 is 2.52 bits per heavy atom. The summed E-state index contributed by atoms with van der Waals surface area (Å²) < 4.78 is 5.08. The minimum atomic E-state index is -1.07. The van der Waals surface area contributed by atoms with Gasteiger partial charge in [0.1, 0.15) is 5.15 Å². The van der Waals surface area contributed by atoms with Crippen LogP contribution >= 0.6 is 23.2 Å². The van der Waals surface area contributed by atoms with E-state index in [0.717, 1.165) is 0 Å². The molecule has 0 saturated carbocycles. The standard InChI is InChI=1S/C17H14Cl2N2O4/c1-9(22)11-4-3-5-13(6-11)21-16(23)10(2)25-17(24)12-7-14(18)15(19)20-8-12/h3-8,10H,1-2H3,(H,21,23)/t10-/m0/s1. The first-order valence-corrected chi connectivity index (χ1v) is 7.97. The molecule has 0 spiro atoms. The van der Waals surface area contributed by atoms with Gasteiger partial charge in [-0.25, -0.2) is 9.78 Å². The van der Waals surface area contributed by atoms with Crippen molar-refractivity contribution in [3.63, 3.8) is 0 Å². The molecule has 6 nitrogen and oxygen atoms in total. The molecule has 2 rings (SSSR count). The molecule has 1 heterocycles. The number of nitrogens with zero attached hydrogens (tertiary/aromatic N) is 1. The van der Waals surface area contributed by atoms with Crippen molar-refractivity contribution in [3.8, 4) is 0 Å². The van der Waals surface area contributed by atoms with E-state index in [4.69, 9.17) is 27.9 Å². The fourth-order valence-electron chi connectivity index (χ4n) is 1.87. The van der Waals surface area contributed by atoms with Crippen LogP contribution in [0.2, 0.25) is 10.2 Å². The van der Waals surface area contributed by atoms with Gasteiger partial charge in [-0.05, 0) is 32.0 Å². The second-order valence-corrected chi connectivity index (χ2v) is 5.94. The van der Waals surface area contributed by atoms with Gasteiger partial charge in [-0.3, -0.25) is 9.59 Å². The Hall–Kier alpha value is -2.44. The second kappa shape index (κ2) is 8.09. The average molecular weight is 381 g/mol. The Balaban J connectivity index is 2.02. The molecule has 0 fully saturated rings. The van der Waals surface area contributed by atoms with Crippen LogP contribution < -0.4 is 5.32 Å². The summed E-state index contributed by atoms with van der Waals surface area (Å²) in [7, 11) is 0. The van der Waals surface area contributed by atoms with Gasteiger partial charge in [0, 0.05) is 17.4 Å². The summed E-state index contributed by atoms with van der Waals surface area (Å²) in [5.74, 6) is -1.42. The number of ketones is 1. The van der Waals surface area contributed by atoms with E-state index in [2.05, 4.69) is 10.3 Å². The molecule has 130 valence electrons. The van der Waals surface area contributed by atoms with Crippen LogP contribution in [0.3, 0.4) is 0 Å². The van der Waals surface area contributed by atoms with Gasteiger partial charge in [0.15, 0.2) is 11.9 Å². The number of benzene rings is 1. The minimum Gasteiger partial charge on any atom is -0.449 e. The van der Waals surface area contributed by atoms with Gasteiger partial charge in [0.05, 0.1) is 10.6 Å². The molecule has 2 aromatic rings. The molecule has 0 saturated heterocycles. The van der Waals surface area contributed by atoms with Crippen molar-refractivity contribution in [2.45, 2.75) is 20.0 Å². The zero-order valence-electron chi connectivity index (χ0n) is 13.4. The summed E-state index contributed by atoms with van der Waals surface area (Å²) in [6.45, 7) is 2.85. The maximum atomic E-state index is 12.1. The molecule has 0 aliphatic rings. The van der Waals surface area contributed by atoms with Gasteiger partial charge in [-0.15, -0.1) is 0 Å². The van der Waals surface area contributed by atoms with E-state index in [1.165, 1.54) is 32.2 Å². The number of aromatic nitrogens is 1. The highest BCUT2D eigenvalue weighted by molar-refractivity contribution is 6.41. The lowest BCUT2D eigenvalue weighted by molar-refractivity contribution is -0.123. The smallest absolute Gasteiger partial charge is 0.340 e. The second-order valence-electron chi connectivity index (χ2n) is 5.17.